The minimum atomic E-state index is -0.302. The van der Waals surface area contributed by atoms with Crippen molar-refractivity contribution in [2.24, 2.45) is 11.8 Å². The smallest absolute Gasteiger partial charge is 0.199 e. The van der Waals surface area contributed by atoms with Crippen LogP contribution in [0.15, 0.2) is 0 Å². The molecule has 0 radical (unpaired) electrons. The first kappa shape index (κ1) is 9.78. The van der Waals surface area contributed by atoms with E-state index in [1.54, 1.807) is 0 Å². The van der Waals surface area contributed by atoms with Gasteiger partial charge in [-0.2, -0.15) is 0 Å². The fourth-order valence-corrected chi connectivity index (χ4v) is 2.29. The Morgan fingerprint density at radius 2 is 2.25 bits per heavy atom. The molecule has 0 saturated carbocycles. The van der Waals surface area contributed by atoms with Gasteiger partial charge in [0.25, 0.3) is 0 Å². The van der Waals surface area contributed by atoms with E-state index in [2.05, 4.69) is 0 Å². The predicted molar refractivity (Wildman–Crippen MR) is 50.0 cm³/mol. The van der Waals surface area contributed by atoms with Crippen LogP contribution in [0.1, 0.15) is 26.7 Å². The Kier molecular flexibility index (Phi) is 3.32. The Bertz CT molecular complexity index is 199. The van der Waals surface area contributed by atoms with E-state index in [4.69, 9.17) is 0 Å². The lowest BCUT2D eigenvalue weighted by atomic mass is 9.92. The van der Waals surface area contributed by atoms with E-state index in [0.29, 0.717) is 0 Å². The lowest BCUT2D eigenvalue weighted by molar-refractivity contribution is -0.131. The minimum absolute atomic E-state index is 0.00218. The van der Waals surface area contributed by atoms with Crippen LogP contribution in [0.4, 0.5) is 0 Å². The lowest BCUT2D eigenvalue weighted by Gasteiger charge is -2.19. The highest BCUT2D eigenvalue weighted by Crippen LogP contribution is 2.26. The number of hydrogen-bond donors (Lipinski definition) is 0. The van der Waals surface area contributed by atoms with Gasteiger partial charge in [0.05, 0.1) is 5.92 Å². The molecular formula is C9H14O2S. The second kappa shape index (κ2) is 4.08. The maximum atomic E-state index is 11.5. The molecule has 1 heterocycles. The Balaban J connectivity index is 2.60. The van der Waals surface area contributed by atoms with Gasteiger partial charge in [0.15, 0.2) is 5.12 Å². The SMILES string of the molecule is CC(C)C(=O)C1CCCSC1=O. The van der Waals surface area contributed by atoms with Gasteiger partial charge in [0.2, 0.25) is 0 Å². The number of carbonyl (C=O) groups excluding carboxylic acids is 2. The monoisotopic (exact) mass is 186 g/mol. The number of Topliss-reactive ketones (excluding diaryl/α,β-unsaturated/α-hetero) is 1. The molecule has 0 N–H and O–H groups in total. The first-order valence-corrected chi connectivity index (χ1v) is 5.32. The quantitative estimate of drug-likeness (QED) is 0.617. The van der Waals surface area contributed by atoms with Crippen molar-refractivity contribution in [3.63, 3.8) is 0 Å². The van der Waals surface area contributed by atoms with Crippen LogP contribution >= 0.6 is 11.8 Å². The fraction of sp³-hybridized carbons (Fsp3) is 0.778. The summed E-state index contributed by atoms with van der Waals surface area (Å²) in [5.41, 5.74) is 0. The van der Waals surface area contributed by atoms with Crippen LogP contribution < -0.4 is 0 Å². The molecule has 1 rings (SSSR count). The third-order valence-electron chi connectivity index (χ3n) is 2.08. The maximum absolute atomic E-state index is 11.5. The average Bonchev–Trinajstić information content (AvgIpc) is 2.04. The molecule has 0 aliphatic carbocycles. The van der Waals surface area contributed by atoms with Gasteiger partial charge < -0.3 is 0 Å². The van der Waals surface area contributed by atoms with E-state index in [1.807, 2.05) is 13.8 Å². The van der Waals surface area contributed by atoms with Crippen LogP contribution in [-0.2, 0) is 9.59 Å². The summed E-state index contributed by atoms with van der Waals surface area (Å²) < 4.78 is 0. The van der Waals surface area contributed by atoms with E-state index in [-0.39, 0.29) is 22.7 Å². The molecule has 1 aliphatic heterocycles. The van der Waals surface area contributed by atoms with Crippen LogP contribution in [0.3, 0.4) is 0 Å². The Labute approximate surface area is 77.1 Å². The number of ketones is 1. The number of hydrogen-bond acceptors (Lipinski definition) is 3. The van der Waals surface area contributed by atoms with Crippen molar-refractivity contribution in [3.8, 4) is 0 Å². The highest BCUT2D eigenvalue weighted by molar-refractivity contribution is 8.13. The molecular weight excluding hydrogens is 172 g/mol. The Morgan fingerprint density at radius 1 is 1.58 bits per heavy atom. The van der Waals surface area contributed by atoms with Crippen molar-refractivity contribution >= 4 is 22.7 Å². The molecule has 0 aromatic rings. The number of thioether (sulfide) groups is 1. The topological polar surface area (TPSA) is 34.1 Å². The molecule has 0 aromatic heterocycles. The van der Waals surface area contributed by atoms with Crippen molar-refractivity contribution < 1.29 is 9.59 Å². The van der Waals surface area contributed by atoms with Crippen LogP contribution in [0, 0.1) is 11.8 Å². The summed E-state index contributed by atoms with van der Waals surface area (Å²) in [5.74, 6) is 0.703. The van der Waals surface area contributed by atoms with Gasteiger partial charge >= 0.3 is 0 Å². The summed E-state index contributed by atoms with van der Waals surface area (Å²) in [6.45, 7) is 3.71. The summed E-state index contributed by atoms with van der Waals surface area (Å²) in [5, 5.41) is 0.0833. The largest absolute Gasteiger partial charge is 0.299 e. The van der Waals surface area contributed by atoms with Crippen LogP contribution in [0.2, 0.25) is 0 Å². The molecule has 0 spiro atoms. The van der Waals surface area contributed by atoms with Crippen LogP contribution in [0.25, 0.3) is 0 Å². The summed E-state index contributed by atoms with van der Waals surface area (Å²) >= 11 is 1.31. The highest BCUT2D eigenvalue weighted by Gasteiger charge is 2.30. The van der Waals surface area contributed by atoms with Gasteiger partial charge in [0.1, 0.15) is 5.78 Å². The predicted octanol–water partition coefficient (Wildman–Crippen LogP) is 1.88. The summed E-state index contributed by atoms with van der Waals surface area (Å²) in [4.78, 5) is 22.8. The fourth-order valence-electron chi connectivity index (χ4n) is 1.34. The van der Waals surface area contributed by atoms with E-state index < -0.39 is 0 Å². The second-order valence-electron chi connectivity index (χ2n) is 3.42. The molecule has 3 heteroatoms. The molecule has 68 valence electrons. The van der Waals surface area contributed by atoms with Gasteiger partial charge in [-0.25, -0.2) is 0 Å². The first-order chi connectivity index (χ1) is 5.63. The summed E-state index contributed by atoms with van der Waals surface area (Å²) in [6, 6.07) is 0. The standard InChI is InChI=1S/C9H14O2S/c1-6(2)8(10)7-4-3-5-12-9(7)11/h6-7H,3-5H2,1-2H3. The van der Waals surface area contributed by atoms with Crippen molar-refractivity contribution in [1.29, 1.82) is 0 Å². The molecule has 0 amide bonds. The summed E-state index contributed by atoms with van der Waals surface area (Å²) in [6.07, 6.45) is 1.77. The molecule has 1 atom stereocenters. The highest BCUT2D eigenvalue weighted by atomic mass is 32.2. The molecule has 1 aliphatic rings. The van der Waals surface area contributed by atoms with E-state index >= 15 is 0 Å². The summed E-state index contributed by atoms with van der Waals surface area (Å²) in [7, 11) is 0. The number of carbonyl (C=O) groups is 2. The Morgan fingerprint density at radius 3 is 2.75 bits per heavy atom. The van der Waals surface area contributed by atoms with Crippen LogP contribution in [-0.4, -0.2) is 16.7 Å². The second-order valence-corrected chi connectivity index (χ2v) is 4.52. The van der Waals surface area contributed by atoms with Crippen molar-refractivity contribution in [2.45, 2.75) is 26.7 Å². The van der Waals surface area contributed by atoms with Gasteiger partial charge in [-0.15, -0.1) is 0 Å². The molecule has 0 aromatic carbocycles. The van der Waals surface area contributed by atoms with Gasteiger partial charge in [0, 0.05) is 11.7 Å². The molecule has 1 saturated heterocycles. The van der Waals surface area contributed by atoms with E-state index in [0.717, 1.165) is 18.6 Å². The number of rotatable bonds is 2. The maximum Gasteiger partial charge on any atom is 0.199 e. The first-order valence-electron chi connectivity index (χ1n) is 4.33. The minimum Gasteiger partial charge on any atom is -0.299 e. The molecule has 1 unspecified atom stereocenters. The van der Waals surface area contributed by atoms with Gasteiger partial charge in [-0.1, -0.05) is 25.6 Å². The molecule has 0 bridgehead atoms. The van der Waals surface area contributed by atoms with Crippen molar-refractivity contribution in [1.82, 2.24) is 0 Å². The zero-order valence-corrected chi connectivity index (χ0v) is 8.32. The average molecular weight is 186 g/mol. The third kappa shape index (κ3) is 2.09. The van der Waals surface area contributed by atoms with Gasteiger partial charge in [-0.05, 0) is 12.8 Å². The van der Waals surface area contributed by atoms with Gasteiger partial charge in [-0.3, -0.25) is 9.59 Å². The van der Waals surface area contributed by atoms with Crippen molar-refractivity contribution in [3.05, 3.63) is 0 Å². The van der Waals surface area contributed by atoms with E-state index in [1.165, 1.54) is 11.8 Å². The normalized spacial score (nSPS) is 24.6. The van der Waals surface area contributed by atoms with E-state index in [9.17, 15) is 9.59 Å². The lowest BCUT2D eigenvalue weighted by Crippen LogP contribution is -2.28. The van der Waals surface area contributed by atoms with Crippen molar-refractivity contribution in [2.75, 3.05) is 5.75 Å². The third-order valence-corrected chi connectivity index (χ3v) is 3.14. The zero-order chi connectivity index (χ0) is 9.14. The zero-order valence-electron chi connectivity index (χ0n) is 7.50. The van der Waals surface area contributed by atoms with Crippen LogP contribution in [0.5, 0.6) is 0 Å². The molecule has 2 nitrogen and oxygen atoms in total. The Hall–Kier alpha value is -0.310. The molecule has 12 heavy (non-hydrogen) atoms. The molecule has 1 fully saturated rings.